The Morgan fingerprint density at radius 2 is 2.00 bits per heavy atom. The maximum atomic E-state index is 11.7. The lowest BCUT2D eigenvalue weighted by atomic mass is 10.0. The minimum absolute atomic E-state index is 0.252. The van der Waals surface area contributed by atoms with Gasteiger partial charge in [-0.2, -0.15) is 12.6 Å². The summed E-state index contributed by atoms with van der Waals surface area (Å²) in [4.78, 5) is 30.7. The van der Waals surface area contributed by atoms with Gasteiger partial charge in [0.25, 0.3) is 5.56 Å². The molecule has 1 aliphatic rings. The number of aliphatic hydroxyl groups excluding tert-OH is 2. The van der Waals surface area contributed by atoms with Gasteiger partial charge in [0.15, 0.2) is 0 Å². The highest BCUT2D eigenvalue weighted by Crippen LogP contribution is 2.34. The zero-order chi connectivity index (χ0) is 15.3. The van der Waals surface area contributed by atoms with Crippen molar-refractivity contribution in [2.24, 2.45) is 0 Å². The Hall–Kier alpha value is -1.55. The quantitative estimate of drug-likeness (QED) is 0.342. The van der Waals surface area contributed by atoms with Crippen LogP contribution in [0.1, 0.15) is 18.5 Å². The summed E-state index contributed by atoms with van der Waals surface area (Å²) in [6, 6.07) is -0.940. The number of aromatic amines is 3. The molecule has 9 heteroatoms. The SMILES string of the molecule is CC(O)[C@H]1N[C@@H](c2c[nH]c3c(=O)[nH]c(=O)[nH]c23)[C@H](S)[C@@H]1O. The van der Waals surface area contributed by atoms with Crippen LogP contribution in [-0.2, 0) is 0 Å². The summed E-state index contributed by atoms with van der Waals surface area (Å²) in [6.45, 7) is 1.57. The molecule has 114 valence electrons. The standard InChI is InChI=1S/C12H16N4O4S/c1-3(17)5-9(18)10(21)7(14-5)4-2-13-8-6(4)15-12(20)16-11(8)19/h2-3,5,7,9-10,13-14,17-18,21H,1H3,(H2,15,16,19,20)/t3?,5-,7+,9-,10+/m1/s1. The molecule has 1 unspecified atom stereocenters. The van der Waals surface area contributed by atoms with Crippen LogP contribution in [0.15, 0.2) is 15.8 Å². The molecule has 6 N–H and O–H groups in total. The van der Waals surface area contributed by atoms with E-state index in [4.69, 9.17) is 0 Å². The zero-order valence-electron chi connectivity index (χ0n) is 11.1. The summed E-state index contributed by atoms with van der Waals surface area (Å²) in [5.41, 5.74) is 0.132. The molecule has 0 radical (unpaired) electrons. The van der Waals surface area contributed by atoms with Gasteiger partial charge in [-0.05, 0) is 6.92 Å². The lowest BCUT2D eigenvalue weighted by molar-refractivity contribution is 0.0755. The molecule has 0 aromatic carbocycles. The van der Waals surface area contributed by atoms with Gasteiger partial charge < -0.3 is 25.5 Å². The summed E-state index contributed by atoms with van der Waals surface area (Å²) in [7, 11) is 0. The fourth-order valence-corrected chi connectivity index (χ4v) is 3.25. The molecule has 1 aliphatic heterocycles. The molecule has 0 amide bonds. The number of fused-ring (bicyclic) bond motifs is 1. The number of nitrogens with one attached hydrogen (secondary N) is 4. The fourth-order valence-electron chi connectivity index (χ4n) is 2.82. The molecule has 0 aliphatic carbocycles. The maximum absolute atomic E-state index is 11.7. The van der Waals surface area contributed by atoms with E-state index in [1.165, 1.54) is 0 Å². The van der Waals surface area contributed by atoms with Gasteiger partial charge in [-0.25, -0.2) is 4.79 Å². The number of hydrogen-bond acceptors (Lipinski definition) is 6. The molecule has 1 saturated heterocycles. The van der Waals surface area contributed by atoms with Crippen LogP contribution in [-0.4, -0.2) is 48.7 Å². The minimum atomic E-state index is -0.850. The second kappa shape index (κ2) is 5.02. The summed E-state index contributed by atoms with van der Waals surface area (Å²) in [5.74, 6) is 0. The molecule has 21 heavy (non-hydrogen) atoms. The van der Waals surface area contributed by atoms with Gasteiger partial charge in [0.2, 0.25) is 0 Å². The average molecular weight is 312 g/mol. The Kier molecular flexibility index (Phi) is 3.44. The van der Waals surface area contributed by atoms with E-state index in [0.717, 1.165) is 0 Å². The Labute approximate surface area is 124 Å². The van der Waals surface area contributed by atoms with Gasteiger partial charge in [-0.3, -0.25) is 9.78 Å². The van der Waals surface area contributed by atoms with E-state index < -0.39 is 40.8 Å². The monoisotopic (exact) mass is 312 g/mol. The van der Waals surface area contributed by atoms with Crippen molar-refractivity contribution in [3.8, 4) is 0 Å². The number of hydrogen-bond donors (Lipinski definition) is 7. The van der Waals surface area contributed by atoms with Crippen LogP contribution in [0.3, 0.4) is 0 Å². The van der Waals surface area contributed by atoms with Crippen molar-refractivity contribution in [2.45, 2.75) is 36.5 Å². The van der Waals surface area contributed by atoms with Crippen molar-refractivity contribution in [1.82, 2.24) is 20.3 Å². The van der Waals surface area contributed by atoms with Gasteiger partial charge in [-0.1, -0.05) is 0 Å². The molecule has 2 aromatic rings. The normalized spacial score (nSPS) is 30.9. The molecule has 2 aromatic heterocycles. The first-order chi connectivity index (χ1) is 9.90. The molecule has 1 fully saturated rings. The van der Waals surface area contributed by atoms with Gasteiger partial charge >= 0.3 is 5.69 Å². The summed E-state index contributed by atoms with van der Waals surface area (Å²) in [5, 5.41) is 22.4. The van der Waals surface area contributed by atoms with Crippen LogP contribution in [0.4, 0.5) is 0 Å². The third-order valence-corrected chi connectivity index (χ3v) is 4.49. The van der Waals surface area contributed by atoms with Crippen molar-refractivity contribution < 1.29 is 10.2 Å². The summed E-state index contributed by atoms with van der Waals surface area (Å²) in [6.07, 6.45) is -0.0160. The fraction of sp³-hybridized carbons (Fsp3) is 0.500. The smallest absolute Gasteiger partial charge is 0.326 e. The maximum Gasteiger partial charge on any atom is 0.326 e. The van der Waals surface area contributed by atoms with Crippen LogP contribution in [0.2, 0.25) is 0 Å². The van der Waals surface area contributed by atoms with E-state index in [9.17, 15) is 19.8 Å². The highest BCUT2D eigenvalue weighted by molar-refractivity contribution is 7.81. The van der Waals surface area contributed by atoms with E-state index in [1.54, 1.807) is 13.1 Å². The van der Waals surface area contributed by atoms with E-state index in [-0.39, 0.29) is 5.52 Å². The third-order valence-electron chi connectivity index (χ3n) is 3.89. The number of rotatable bonds is 2. The van der Waals surface area contributed by atoms with Crippen LogP contribution in [0, 0.1) is 0 Å². The van der Waals surface area contributed by atoms with E-state index in [0.29, 0.717) is 11.1 Å². The molecule has 5 atom stereocenters. The van der Waals surface area contributed by atoms with Gasteiger partial charge in [0.05, 0.1) is 29.8 Å². The number of aliphatic hydroxyl groups is 2. The van der Waals surface area contributed by atoms with Crippen molar-refractivity contribution in [3.63, 3.8) is 0 Å². The molecule has 0 spiro atoms. The molecule has 0 bridgehead atoms. The lowest BCUT2D eigenvalue weighted by Gasteiger charge is -2.18. The van der Waals surface area contributed by atoms with Gasteiger partial charge in [-0.15, -0.1) is 0 Å². The molecular formula is C12H16N4O4S. The van der Waals surface area contributed by atoms with Crippen LogP contribution in [0.5, 0.6) is 0 Å². The summed E-state index contributed by atoms with van der Waals surface area (Å²) < 4.78 is 0. The molecule has 3 rings (SSSR count). The Morgan fingerprint density at radius 3 is 2.62 bits per heavy atom. The van der Waals surface area contributed by atoms with E-state index in [1.807, 2.05) is 0 Å². The number of H-pyrrole nitrogens is 3. The lowest BCUT2D eigenvalue weighted by Crippen LogP contribution is -2.41. The summed E-state index contributed by atoms with van der Waals surface area (Å²) >= 11 is 4.38. The first-order valence-corrected chi connectivity index (χ1v) is 7.05. The van der Waals surface area contributed by atoms with Crippen molar-refractivity contribution in [3.05, 3.63) is 32.6 Å². The first kappa shape index (κ1) is 14.4. The largest absolute Gasteiger partial charge is 0.392 e. The number of aromatic nitrogens is 3. The Bertz CT molecular complexity index is 779. The van der Waals surface area contributed by atoms with Crippen molar-refractivity contribution in [2.75, 3.05) is 0 Å². The number of thiol groups is 1. The predicted octanol–water partition coefficient (Wildman–Crippen LogP) is -1.40. The Balaban J connectivity index is 2.09. The average Bonchev–Trinajstić information content (AvgIpc) is 2.93. The van der Waals surface area contributed by atoms with Crippen LogP contribution in [0.25, 0.3) is 11.0 Å². The zero-order valence-corrected chi connectivity index (χ0v) is 12.0. The molecule has 3 heterocycles. The van der Waals surface area contributed by atoms with Gasteiger partial charge in [0, 0.05) is 17.0 Å². The van der Waals surface area contributed by atoms with Crippen molar-refractivity contribution >= 4 is 23.7 Å². The second-order valence-corrected chi connectivity index (χ2v) is 5.89. The first-order valence-electron chi connectivity index (χ1n) is 6.54. The van der Waals surface area contributed by atoms with Crippen LogP contribution >= 0.6 is 12.6 Å². The second-order valence-electron chi connectivity index (χ2n) is 5.29. The highest BCUT2D eigenvalue weighted by Gasteiger charge is 2.43. The van der Waals surface area contributed by atoms with E-state index in [2.05, 4.69) is 32.9 Å². The van der Waals surface area contributed by atoms with Crippen LogP contribution < -0.4 is 16.6 Å². The minimum Gasteiger partial charge on any atom is -0.392 e. The third kappa shape index (κ3) is 2.22. The highest BCUT2D eigenvalue weighted by atomic mass is 32.1. The van der Waals surface area contributed by atoms with Crippen molar-refractivity contribution in [1.29, 1.82) is 0 Å². The molecular weight excluding hydrogens is 296 g/mol. The molecule has 8 nitrogen and oxygen atoms in total. The topological polar surface area (TPSA) is 134 Å². The van der Waals surface area contributed by atoms with Gasteiger partial charge in [0.1, 0.15) is 5.52 Å². The molecule has 0 saturated carbocycles. The predicted molar refractivity (Wildman–Crippen MR) is 79.7 cm³/mol. The van der Waals surface area contributed by atoms with E-state index >= 15 is 0 Å². The Morgan fingerprint density at radius 1 is 1.29 bits per heavy atom.